The Kier molecular flexibility index (Phi) is 6.07. The summed E-state index contributed by atoms with van der Waals surface area (Å²) in [5, 5.41) is 3.20. The molecule has 0 aliphatic heterocycles. The van der Waals surface area contributed by atoms with Gasteiger partial charge in [0.15, 0.2) is 0 Å². The van der Waals surface area contributed by atoms with Gasteiger partial charge in [0.2, 0.25) is 0 Å². The number of nitrogens with one attached hydrogen (secondary N) is 1. The van der Waals surface area contributed by atoms with Crippen LogP contribution in [0.15, 0.2) is 24.5 Å². The second-order valence-corrected chi connectivity index (χ2v) is 3.98. The third-order valence-electron chi connectivity index (χ3n) is 2.37. The van der Waals surface area contributed by atoms with Crippen LogP contribution < -0.4 is 5.32 Å². The summed E-state index contributed by atoms with van der Waals surface area (Å²) in [6.07, 6.45) is -0.240. The molecule has 0 aliphatic rings. The van der Waals surface area contributed by atoms with Crippen molar-refractivity contribution >= 4 is 0 Å². The second kappa shape index (κ2) is 7.33. The van der Waals surface area contributed by atoms with Crippen LogP contribution in [0.3, 0.4) is 0 Å². The minimum Gasteiger partial charge on any atom is -0.372 e. The predicted molar refractivity (Wildman–Crippen MR) is 62.1 cm³/mol. The topological polar surface area (TPSA) is 34.1 Å². The van der Waals surface area contributed by atoms with Crippen molar-refractivity contribution in [1.82, 2.24) is 10.3 Å². The van der Waals surface area contributed by atoms with Gasteiger partial charge < -0.3 is 10.1 Å². The number of pyridine rings is 1. The lowest BCUT2D eigenvalue weighted by Crippen LogP contribution is -2.22. The van der Waals surface area contributed by atoms with Gasteiger partial charge in [0.05, 0.1) is 0 Å². The molecule has 0 saturated heterocycles. The summed E-state index contributed by atoms with van der Waals surface area (Å²) in [6, 6.07) is 3.92. The fraction of sp³-hybridized carbons (Fsp3) is 0.583. The molecule has 0 aliphatic carbocycles. The average Bonchev–Trinajstić information content (AvgIpc) is 2.33. The summed E-state index contributed by atoms with van der Waals surface area (Å²) in [4.78, 5) is 4.00. The van der Waals surface area contributed by atoms with E-state index in [9.17, 15) is 13.2 Å². The molecule has 6 heteroatoms. The molecule has 1 aromatic heterocycles. The summed E-state index contributed by atoms with van der Waals surface area (Å²) in [5.41, 5.74) is 1.05. The van der Waals surface area contributed by atoms with Gasteiger partial charge in [-0.25, -0.2) is 0 Å². The van der Waals surface area contributed by atoms with E-state index in [0.29, 0.717) is 13.0 Å². The average molecular weight is 262 g/mol. The van der Waals surface area contributed by atoms with Gasteiger partial charge in [-0.05, 0) is 31.5 Å². The van der Waals surface area contributed by atoms with E-state index in [-0.39, 0.29) is 12.6 Å². The van der Waals surface area contributed by atoms with E-state index in [2.05, 4.69) is 15.0 Å². The Hall–Kier alpha value is -1.14. The number of ether oxygens (including phenoxy) is 1. The molecule has 0 saturated carbocycles. The van der Waals surface area contributed by atoms with Crippen molar-refractivity contribution in [3.05, 3.63) is 30.1 Å². The Labute approximate surface area is 104 Å². The highest BCUT2D eigenvalue weighted by Gasteiger charge is 2.27. The van der Waals surface area contributed by atoms with Crippen molar-refractivity contribution in [1.29, 1.82) is 0 Å². The summed E-state index contributed by atoms with van der Waals surface area (Å²) in [5.74, 6) is 0. The van der Waals surface area contributed by atoms with Gasteiger partial charge in [0.1, 0.15) is 6.61 Å². The van der Waals surface area contributed by atoms with Crippen molar-refractivity contribution in [2.75, 3.05) is 19.8 Å². The molecule has 0 unspecified atom stereocenters. The van der Waals surface area contributed by atoms with Crippen molar-refractivity contribution in [3.8, 4) is 0 Å². The Bertz CT molecular complexity index is 330. The van der Waals surface area contributed by atoms with Gasteiger partial charge in [-0.2, -0.15) is 13.2 Å². The zero-order valence-corrected chi connectivity index (χ0v) is 10.2. The molecule has 0 amide bonds. The third-order valence-corrected chi connectivity index (χ3v) is 2.37. The van der Waals surface area contributed by atoms with Crippen molar-refractivity contribution in [3.63, 3.8) is 0 Å². The maximum atomic E-state index is 11.8. The van der Waals surface area contributed by atoms with E-state index >= 15 is 0 Å². The van der Waals surface area contributed by atoms with Crippen LogP contribution in [-0.4, -0.2) is 30.9 Å². The molecule has 0 fully saturated rings. The van der Waals surface area contributed by atoms with E-state index in [0.717, 1.165) is 5.56 Å². The molecule has 0 radical (unpaired) electrons. The molecular weight excluding hydrogens is 245 g/mol. The predicted octanol–water partition coefficient (Wildman–Crippen LogP) is 2.70. The van der Waals surface area contributed by atoms with Crippen LogP contribution in [0.25, 0.3) is 0 Å². The highest BCUT2D eigenvalue weighted by molar-refractivity contribution is 5.12. The largest absolute Gasteiger partial charge is 0.411 e. The maximum absolute atomic E-state index is 11.8. The van der Waals surface area contributed by atoms with Crippen molar-refractivity contribution < 1.29 is 17.9 Å². The smallest absolute Gasteiger partial charge is 0.372 e. The molecule has 1 heterocycles. The maximum Gasteiger partial charge on any atom is 0.411 e. The van der Waals surface area contributed by atoms with Crippen LogP contribution in [0.4, 0.5) is 13.2 Å². The molecule has 3 nitrogen and oxygen atoms in total. The first kappa shape index (κ1) is 14.9. The second-order valence-electron chi connectivity index (χ2n) is 3.98. The number of rotatable bonds is 7. The zero-order chi connectivity index (χ0) is 13.4. The summed E-state index contributed by atoms with van der Waals surface area (Å²) in [7, 11) is 0. The van der Waals surface area contributed by atoms with E-state index in [1.807, 2.05) is 19.1 Å². The van der Waals surface area contributed by atoms with Gasteiger partial charge in [-0.1, -0.05) is 6.07 Å². The molecular formula is C12H17F3N2O. The molecule has 18 heavy (non-hydrogen) atoms. The Morgan fingerprint density at radius 2 is 2.22 bits per heavy atom. The lowest BCUT2D eigenvalue weighted by Gasteiger charge is -2.13. The normalized spacial score (nSPS) is 13.6. The van der Waals surface area contributed by atoms with Gasteiger partial charge in [-0.3, -0.25) is 4.98 Å². The highest BCUT2D eigenvalue weighted by Crippen LogP contribution is 2.14. The molecule has 1 atom stereocenters. The van der Waals surface area contributed by atoms with Crippen molar-refractivity contribution in [2.24, 2.45) is 0 Å². The fourth-order valence-electron chi connectivity index (χ4n) is 1.43. The number of hydrogen-bond acceptors (Lipinski definition) is 3. The molecule has 1 N–H and O–H groups in total. The van der Waals surface area contributed by atoms with Crippen LogP contribution in [-0.2, 0) is 4.74 Å². The van der Waals surface area contributed by atoms with E-state index < -0.39 is 12.8 Å². The zero-order valence-electron chi connectivity index (χ0n) is 10.2. The van der Waals surface area contributed by atoms with Crippen LogP contribution in [0.2, 0.25) is 0 Å². The molecule has 0 bridgehead atoms. The van der Waals surface area contributed by atoms with Crippen molar-refractivity contribution in [2.45, 2.75) is 25.6 Å². The number of halogens is 3. The molecule has 1 rings (SSSR count). The molecule has 102 valence electrons. The van der Waals surface area contributed by atoms with E-state index in [1.54, 1.807) is 12.4 Å². The number of hydrogen-bond donors (Lipinski definition) is 1. The first-order valence-corrected chi connectivity index (χ1v) is 5.77. The summed E-state index contributed by atoms with van der Waals surface area (Å²) >= 11 is 0. The fourth-order valence-corrected chi connectivity index (χ4v) is 1.43. The number of nitrogens with zero attached hydrogens (tertiary/aromatic N) is 1. The Balaban J connectivity index is 2.08. The number of aromatic nitrogens is 1. The lowest BCUT2D eigenvalue weighted by molar-refractivity contribution is -0.173. The summed E-state index contributed by atoms with van der Waals surface area (Å²) < 4.78 is 39.8. The standard InChI is InChI=1S/C12H17F3N2O/c1-10(11-4-2-5-16-8-11)17-6-3-7-18-9-12(13,14)15/h2,4-5,8,10,17H,3,6-7,9H2,1H3/t10-/m0/s1. The van der Waals surface area contributed by atoms with E-state index in [1.165, 1.54) is 0 Å². The Morgan fingerprint density at radius 1 is 1.44 bits per heavy atom. The van der Waals surface area contributed by atoms with Crippen LogP contribution in [0.1, 0.15) is 24.9 Å². The van der Waals surface area contributed by atoms with Gasteiger partial charge in [-0.15, -0.1) is 0 Å². The minimum absolute atomic E-state index is 0.103. The first-order valence-electron chi connectivity index (χ1n) is 5.77. The Morgan fingerprint density at radius 3 is 2.83 bits per heavy atom. The molecule has 1 aromatic rings. The van der Waals surface area contributed by atoms with Gasteiger partial charge >= 0.3 is 6.18 Å². The van der Waals surface area contributed by atoms with Crippen LogP contribution in [0.5, 0.6) is 0 Å². The monoisotopic (exact) mass is 262 g/mol. The van der Waals surface area contributed by atoms with E-state index in [4.69, 9.17) is 0 Å². The van der Waals surface area contributed by atoms with Crippen LogP contribution in [0, 0.1) is 0 Å². The summed E-state index contributed by atoms with van der Waals surface area (Å²) in [6.45, 7) is 1.51. The molecule has 0 aromatic carbocycles. The minimum atomic E-state index is -4.24. The quantitative estimate of drug-likeness (QED) is 0.767. The third kappa shape index (κ3) is 6.56. The lowest BCUT2D eigenvalue weighted by atomic mass is 10.1. The SMILES string of the molecule is C[C@H](NCCCOCC(F)(F)F)c1cccnc1. The molecule has 0 spiro atoms. The van der Waals surface area contributed by atoms with Gasteiger partial charge in [0, 0.05) is 25.0 Å². The highest BCUT2D eigenvalue weighted by atomic mass is 19.4. The number of alkyl halides is 3. The first-order chi connectivity index (χ1) is 8.49. The van der Waals surface area contributed by atoms with Gasteiger partial charge in [0.25, 0.3) is 0 Å². The van der Waals surface area contributed by atoms with Crippen LogP contribution >= 0.6 is 0 Å².